The van der Waals surface area contributed by atoms with Crippen LogP contribution in [-0.4, -0.2) is 40.9 Å². The number of aliphatic hydroxyl groups is 1. The predicted molar refractivity (Wildman–Crippen MR) is 79.4 cm³/mol. The zero-order valence-corrected chi connectivity index (χ0v) is 12.3. The molecule has 2 rings (SSSR count). The molecule has 0 aliphatic heterocycles. The van der Waals surface area contributed by atoms with Crippen molar-refractivity contribution < 1.29 is 19.7 Å². The largest absolute Gasteiger partial charge is 0.506 e. The van der Waals surface area contributed by atoms with E-state index in [0.29, 0.717) is 23.0 Å². The van der Waals surface area contributed by atoms with Crippen molar-refractivity contribution in [1.29, 1.82) is 0 Å². The van der Waals surface area contributed by atoms with Crippen LogP contribution in [0.3, 0.4) is 0 Å². The van der Waals surface area contributed by atoms with E-state index in [0.717, 1.165) is 0 Å². The number of benzene rings is 1. The highest BCUT2D eigenvalue weighted by Gasteiger charge is 2.18. The molecule has 1 unspecified atom stereocenters. The molecule has 6 nitrogen and oxygen atoms in total. The van der Waals surface area contributed by atoms with Gasteiger partial charge in [0.2, 0.25) is 0 Å². The lowest BCUT2D eigenvalue weighted by Crippen LogP contribution is -2.27. The molecule has 21 heavy (non-hydrogen) atoms. The van der Waals surface area contributed by atoms with Crippen LogP contribution >= 0.6 is 0 Å². The second-order valence-electron chi connectivity index (χ2n) is 5.22. The number of aromatic amines is 1. The van der Waals surface area contributed by atoms with Crippen molar-refractivity contribution in [3.05, 3.63) is 29.5 Å². The summed E-state index contributed by atoms with van der Waals surface area (Å²) < 4.78 is 4.66. The highest BCUT2D eigenvalue weighted by atomic mass is 16.5. The van der Waals surface area contributed by atoms with Gasteiger partial charge in [-0.05, 0) is 17.7 Å². The zero-order chi connectivity index (χ0) is 15.6. The molecule has 0 radical (unpaired) electrons. The Morgan fingerprint density at radius 2 is 2.14 bits per heavy atom. The fraction of sp³-hybridized carbons (Fsp3) is 0.400. The van der Waals surface area contributed by atoms with E-state index in [1.165, 1.54) is 13.2 Å². The number of hydrogen-bond acceptors (Lipinski definition) is 5. The molecular weight excluding hydrogens is 272 g/mol. The van der Waals surface area contributed by atoms with E-state index in [2.05, 4.69) is 15.0 Å². The monoisotopic (exact) mass is 292 g/mol. The van der Waals surface area contributed by atoms with Gasteiger partial charge < -0.3 is 25.3 Å². The highest BCUT2D eigenvalue weighted by Crippen LogP contribution is 2.31. The number of carbonyl (C=O) groups is 1. The number of carbonyl (C=O) groups excluding carboxylic acids is 1. The number of aromatic nitrogens is 1. The number of phenols is 1. The fourth-order valence-electron chi connectivity index (χ4n) is 2.19. The van der Waals surface area contributed by atoms with Crippen molar-refractivity contribution >= 4 is 16.9 Å². The van der Waals surface area contributed by atoms with E-state index in [-0.39, 0.29) is 17.5 Å². The Kier molecular flexibility index (Phi) is 4.50. The average Bonchev–Trinajstić information content (AvgIpc) is 2.90. The van der Waals surface area contributed by atoms with Gasteiger partial charge in [0.1, 0.15) is 11.4 Å². The van der Waals surface area contributed by atoms with Crippen LogP contribution in [0.5, 0.6) is 5.75 Å². The summed E-state index contributed by atoms with van der Waals surface area (Å²) in [4.78, 5) is 14.4. The number of aliphatic hydroxyl groups excluding tert-OH is 1. The summed E-state index contributed by atoms with van der Waals surface area (Å²) in [6, 6.07) is 4.98. The number of rotatable bonds is 5. The van der Waals surface area contributed by atoms with Gasteiger partial charge in [0.05, 0.1) is 18.7 Å². The Balaban J connectivity index is 2.42. The van der Waals surface area contributed by atoms with E-state index in [4.69, 9.17) is 0 Å². The number of hydrogen-bond donors (Lipinski definition) is 4. The second-order valence-corrected chi connectivity index (χ2v) is 5.22. The number of ether oxygens (including phenoxy) is 1. The molecule has 1 aromatic carbocycles. The molecule has 0 saturated heterocycles. The van der Waals surface area contributed by atoms with Crippen molar-refractivity contribution in [1.82, 2.24) is 10.3 Å². The van der Waals surface area contributed by atoms with Gasteiger partial charge in [0, 0.05) is 18.0 Å². The molecule has 0 bridgehead atoms. The molecule has 0 saturated carbocycles. The lowest BCUT2D eigenvalue weighted by Gasteiger charge is -2.15. The summed E-state index contributed by atoms with van der Waals surface area (Å²) in [5.41, 5.74) is 1.29. The molecular formula is C15H20N2O4. The van der Waals surface area contributed by atoms with Crippen molar-refractivity contribution in [2.24, 2.45) is 0 Å². The molecule has 1 heterocycles. The van der Waals surface area contributed by atoms with E-state index < -0.39 is 12.1 Å². The number of methoxy groups -OCH3 is 1. The Morgan fingerprint density at radius 3 is 2.76 bits per heavy atom. The van der Waals surface area contributed by atoms with Gasteiger partial charge in [0.25, 0.3) is 0 Å². The number of H-pyrrole nitrogens is 1. The maximum atomic E-state index is 11.6. The second kappa shape index (κ2) is 6.15. The number of nitrogens with one attached hydrogen (secondary N) is 2. The number of fused-ring (bicyclic) bond motifs is 1. The van der Waals surface area contributed by atoms with E-state index >= 15 is 0 Å². The molecule has 0 amide bonds. The minimum Gasteiger partial charge on any atom is -0.506 e. The van der Waals surface area contributed by atoms with Crippen molar-refractivity contribution in [2.45, 2.75) is 26.0 Å². The van der Waals surface area contributed by atoms with Crippen LogP contribution < -0.4 is 5.32 Å². The first-order valence-corrected chi connectivity index (χ1v) is 6.78. The van der Waals surface area contributed by atoms with Crippen LogP contribution in [0.25, 0.3) is 10.9 Å². The van der Waals surface area contributed by atoms with Gasteiger partial charge >= 0.3 is 5.97 Å². The molecule has 1 aromatic heterocycles. The molecule has 0 aliphatic rings. The van der Waals surface area contributed by atoms with Gasteiger partial charge in [-0.1, -0.05) is 19.9 Å². The predicted octanol–water partition coefficient (Wildman–Crippen LogP) is 1.69. The first kappa shape index (κ1) is 15.3. The fourth-order valence-corrected chi connectivity index (χ4v) is 2.19. The van der Waals surface area contributed by atoms with Gasteiger partial charge in [0.15, 0.2) is 0 Å². The van der Waals surface area contributed by atoms with Crippen LogP contribution in [0.1, 0.15) is 36.0 Å². The third-order valence-electron chi connectivity index (χ3n) is 3.29. The Bertz CT molecular complexity index is 648. The standard InChI is InChI=1S/C15H20N2O4/c1-8(2)16-7-13(19)9-4-5-12(18)14-10(9)6-11(17-14)15(20)21-3/h4-6,8,13,16-19H,7H2,1-3H3. The quantitative estimate of drug-likeness (QED) is 0.629. The number of aromatic hydroxyl groups is 1. The van der Waals surface area contributed by atoms with Crippen LogP contribution in [0.15, 0.2) is 18.2 Å². The third kappa shape index (κ3) is 3.17. The maximum absolute atomic E-state index is 11.6. The van der Waals surface area contributed by atoms with E-state index in [9.17, 15) is 15.0 Å². The van der Waals surface area contributed by atoms with Crippen molar-refractivity contribution in [3.63, 3.8) is 0 Å². The molecule has 1 atom stereocenters. The average molecular weight is 292 g/mol. The first-order valence-electron chi connectivity index (χ1n) is 6.78. The van der Waals surface area contributed by atoms with Crippen molar-refractivity contribution in [3.8, 4) is 5.75 Å². The lowest BCUT2D eigenvalue weighted by molar-refractivity contribution is 0.0595. The summed E-state index contributed by atoms with van der Waals surface area (Å²) in [6.45, 7) is 4.37. The molecule has 6 heteroatoms. The first-order chi connectivity index (χ1) is 9.93. The summed E-state index contributed by atoms with van der Waals surface area (Å²) in [7, 11) is 1.29. The molecule has 0 aliphatic carbocycles. The maximum Gasteiger partial charge on any atom is 0.354 e. The minimum absolute atomic E-state index is 0.0212. The Morgan fingerprint density at radius 1 is 1.43 bits per heavy atom. The molecule has 2 aromatic rings. The third-order valence-corrected chi connectivity index (χ3v) is 3.29. The molecule has 4 N–H and O–H groups in total. The van der Waals surface area contributed by atoms with Gasteiger partial charge in [-0.2, -0.15) is 0 Å². The molecule has 0 fully saturated rings. The van der Waals surface area contributed by atoms with Crippen LogP contribution in [-0.2, 0) is 4.74 Å². The van der Waals surface area contributed by atoms with Gasteiger partial charge in [-0.25, -0.2) is 4.79 Å². The SMILES string of the molecule is COC(=O)c1cc2c(C(O)CNC(C)C)ccc(O)c2[nH]1. The van der Waals surface area contributed by atoms with E-state index in [1.807, 2.05) is 13.8 Å². The Labute approximate surface area is 122 Å². The topological polar surface area (TPSA) is 94.6 Å². The summed E-state index contributed by atoms with van der Waals surface area (Å²) in [5, 5.41) is 23.9. The lowest BCUT2D eigenvalue weighted by atomic mass is 10.0. The summed E-state index contributed by atoms with van der Waals surface area (Å²) in [6.07, 6.45) is -0.739. The normalized spacial score (nSPS) is 12.8. The van der Waals surface area contributed by atoms with Gasteiger partial charge in [-0.15, -0.1) is 0 Å². The molecule has 114 valence electrons. The van der Waals surface area contributed by atoms with Crippen molar-refractivity contribution in [2.75, 3.05) is 13.7 Å². The van der Waals surface area contributed by atoms with E-state index in [1.54, 1.807) is 12.1 Å². The number of phenolic OH excluding ortho intramolecular Hbond substituents is 1. The van der Waals surface area contributed by atoms with Crippen LogP contribution in [0, 0.1) is 0 Å². The van der Waals surface area contributed by atoms with Crippen LogP contribution in [0.2, 0.25) is 0 Å². The Hall–Kier alpha value is -2.05. The van der Waals surface area contributed by atoms with Crippen LogP contribution in [0.4, 0.5) is 0 Å². The molecule has 0 spiro atoms. The number of esters is 1. The highest BCUT2D eigenvalue weighted by molar-refractivity contribution is 5.98. The smallest absolute Gasteiger partial charge is 0.354 e. The minimum atomic E-state index is -0.739. The summed E-state index contributed by atoms with van der Waals surface area (Å²) >= 11 is 0. The summed E-state index contributed by atoms with van der Waals surface area (Å²) in [5.74, 6) is -0.501. The van der Waals surface area contributed by atoms with Gasteiger partial charge in [-0.3, -0.25) is 0 Å². The zero-order valence-electron chi connectivity index (χ0n) is 12.3.